The number of nitrogens with zero attached hydrogens (tertiary/aromatic N) is 2. The second-order valence-corrected chi connectivity index (χ2v) is 7.32. The fourth-order valence-electron chi connectivity index (χ4n) is 3.09. The summed E-state index contributed by atoms with van der Waals surface area (Å²) in [5.41, 5.74) is 1.34. The maximum atomic E-state index is 5.42. The zero-order valence-corrected chi connectivity index (χ0v) is 20.7. The van der Waals surface area contributed by atoms with Crippen LogP contribution in [0.15, 0.2) is 34.9 Å². The minimum atomic E-state index is 0.349. The van der Waals surface area contributed by atoms with E-state index in [1.807, 2.05) is 0 Å². The summed E-state index contributed by atoms with van der Waals surface area (Å²) in [6.07, 6.45) is 1.63. The van der Waals surface area contributed by atoms with Crippen molar-refractivity contribution in [1.29, 1.82) is 0 Å². The largest absolute Gasteiger partial charge is 0.493 e. The Morgan fingerprint density at radius 1 is 0.636 bits per heavy atom. The number of anilines is 4. The number of halogens is 1. The Kier molecular flexibility index (Phi) is 7.88. The molecule has 0 saturated heterocycles. The molecule has 2 aromatic carbocycles. The number of hydrogen-bond acceptors (Lipinski definition) is 10. The van der Waals surface area contributed by atoms with E-state index in [-0.39, 0.29) is 0 Å². The van der Waals surface area contributed by atoms with Gasteiger partial charge in [-0.3, -0.25) is 0 Å². The zero-order chi connectivity index (χ0) is 24.0. The Balaban J connectivity index is 1.93. The molecule has 176 valence electrons. The van der Waals surface area contributed by atoms with Gasteiger partial charge in [0.1, 0.15) is 5.82 Å². The fourth-order valence-corrected chi connectivity index (χ4v) is 3.38. The topological polar surface area (TPSA) is 105 Å². The normalized spacial score (nSPS) is 10.3. The van der Waals surface area contributed by atoms with E-state index in [2.05, 4.69) is 36.5 Å². The van der Waals surface area contributed by atoms with Crippen molar-refractivity contribution < 1.29 is 28.4 Å². The third-order valence-electron chi connectivity index (χ3n) is 4.59. The molecule has 11 heteroatoms. The molecule has 3 aromatic rings. The van der Waals surface area contributed by atoms with Gasteiger partial charge in [-0.1, -0.05) is 0 Å². The van der Waals surface area contributed by atoms with Gasteiger partial charge in [0.15, 0.2) is 23.0 Å². The summed E-state index contributed by atoms with van der Waals surface area (Å²) in [6.45, 7) is 0. The van der Waals surface area contributed by atoms with Crippen molar-refractivity contribution in [3.05, 3.63) is 34.9 Å². The molecule has 3 rings (SSSR count). The molecule has 2 N–H and O–H groups in total. The van der Waals surface area contributed by atoms with E-state index in [0.717, 1.165) is 0 Å². The average molecular weight is 521 g/mol. The van der Waals surface area contributed by atoms with Crippen LogP contribution in [0, 0.1) is 0 Å². The van der Waals surface area contributed by atoms with E-state index in [4.69, 9.17) is 28.4 Å². The van der Waals surface area contributed by atoms with Gasteiger partial charge in [0.05, 0.1) is 47.1 Å². The predicted molar refractivity (Wildman–Crippen MR) is 128 cm³/mol. The number of hydrogen-bond donors (Lipinski definition) is 2. The molecule has 0 fully saturated rings. The molecule has 0 bridgehead atoms. The highest BCUT2D eigenvalue weighted by Crippen LogP contribution is 2.42. The highest BCUT2D eigenvalue weighted by atomic mass is 79.9. The van der Waals surface area contributed by atoms with Crippen molar-refractivity contribution in [2.75, 3.05) is 53.3 Å². The molecule has 1 aromatic heterocycles. The molecule has 0 aliphatic carbocycles. The third-order valence-corrected chi connectivity index (χ3v) is 5.17. The summed E-state index contributed by atoms with van der Waals surface area (Å²) in [4.78, 5) is 8.90. The Morgan fingerprint density at radius 2 is 1.06 bits per heavy atom. The van der Waals surface area contributed by atoms with Gasteiger partial charge in [-0.15, -0.1) is 0 Å². The van der Waals surface area contributed by atoms with Crippen molar-refractivity contribution in [3.63, 3.8) is 0 Å². The van der Waals surface area contributed by atoms with Crippen LogP contribution in [0.4, 0.5) is 23.1 Å². The smallest absolute Gasteiger partial charge is 0.229 e. The molecule has 10 nitrogen and oxygen atoms in total. The molecule has 33 heavy (non-hydrogen) atoms. The summed E-state index contributed by atoms with van der Waals surface area (Å²) in [5, 5.41) is 6.39. The van der Waals surface area contributed by atoms with E-state index in [9.17, 15) is 0 Å². The second kappa shape index (κ2) is 10.8. The highest BCUT2D eigenvalue weighted by Gasteiger charge is 2.16. The number of ether oxygens (including phenoxy) is 6. The fraction of sp³-hybridized carbons (Fsp3) is 0.273. The standard InChI is InChI=1S/C22H25BrN4O6/c1-28-15-7-12(8-16(29-2)19(15)32-5)25-21-14(23)11-24-22(27-21)26-13-9-17(30-3)20(33-6)18(10-13)31-4/h7-11H,1-6H3,(H2,24,25,26,27). The van der Waals surface area contributed by atoms with Gasteiger partial charge in [0.2, 0.25) is 17.4 Å². The minimum Gasteiger partial charge on any atom is -0.493 e. The Labute approximate surface area is 200 Å². The van der Waals surface area contributed by atoms with Crippen LogP contribution < -0.4 is 39.1 Å². The summed E-state index contributed by atoms with van der Waals surface area (Å²) >= 11 is 3.48. The molecule has 1 heterocycles. The summed E-state index contributed by atoms with van der Waals surface area (Å²) in [5.74, 6) is 3.90. The van der Waals surface area contributed by atoms with Crippen LogP contribution in [-0.4, -0.2) is 52.6 Å². The third kappa shape index (κ3) is 5.25. The molecule has 0 unspecified atom stereocenters. The number of rotatable bonds is 10. The van der Waals surface area contributed by atoms with E-state index in [1.165, 1.54) is 0 Å². The van der Waals surface area contributed by atoms with Crippen LogP contribution in [0.1, 0.15) is 0 Å². The van der Waals surface area contributed by atoms with E-state index in [1.54, 1.807) is 73.1 Å². The first-order chi connectivity index (χ1) is 16.0. The molecule has 0 amide bonds. The average Bonchev–Trinajstić information content (AvgIpc) is 2.84. The lowest BCUT2D eigenvalue weighted by Gasteiger charge is -2.16. The van der Waals surface area contributed by atoms with Crippen LogP contribution in [0.5, 0.6) is 34.5 Å². The lowest BCUT2D eigenvalue weighted by atomic mass is 10.2. The molecule has 0 saturated carbocycles. The van der Waals surface area contributed by atoms with Crippen LogP contribution in [0.2, 0.25) is 0 Å². The van der Waals surface area contributed by atoms with Gasteiger partial charge in [-0.2, -0.15) is 4.98 Å². The predicted octanol–water partition coefficient (Wildman–Crippen LogP) is 4.78. The molecule has 0 aliphatic rings. The lowest BCUT2D eigenvalue weighted by Crippen LogP contribution is -2.03. The zero-order valence-electron chi connectivity index (χ0n) is 19.1. The summed E-state index contributed by atoms with van der Waals surface area (Å²) in [6, 6.07) is 7.09. The van der Waals surface area contributed by atoms with Crippen LogP contribution >= 0.6 is 15.9 Å². The quantitative estimate of drug-likeness (QED) is 0.387. The Morgan fingerprint density at radius 3 is 1.45 bits per heavy atom. The second-order valence-electron chi connectivity index (χ2n) is 6.47. The summed E-state index contributed by atoms with van der Waals surface area (Å²) < 4.78 is 33.0. The van der Waals surface area contributed by atoms with E-state index in [0.29, 0.717) is 62.1 Å². The minimum absolute atomic E-state index is 0.349. The number of aromatic nitrogens is 2. The molecule has 0 atom stereocenters. The van der Waals surface area contributed by atoms with Gasteiger partial charge >= 0.3 is 0 Å². The molecular weight excluding hydrogens is 496 g/mol. The molecule has 0 aliphatic heterocycles. The van der Waals surface area contributed by atoms with Crippen molar-refractivity contribution >= 4 is 39.1 Å². The number of benzene rings is 2. The van der Waals surface area contributed by atoms with Gasteiger partial charge in [-0.25, -0.2) is 4.98 Å². The first kappa shape index (κ1) is 24.1. The van der Waals surface area contributed by atoms with Gasteiger partial charge in [-0.05, 0) is 15.9 Å². The van der Waals surface area contributed by atoms with Crippen molar-refractivity contribution in [2.45, 2.75) is 0 Å². The van der Waals surface area contributed by atoms with Crippen LogP contribution in [0.25, 0.3) is 0 Å². The first-order valence-electron chi connectivity index (χ1n) is 9.64. The molecule has 0 spiro atoms. The van der Waals surface area contributed by atoms with E-state index >= 15 is 0 Å². The first-order valence-corrected chi connectivity index (χ1v) is 10.4. The maximum absolute atomic E-state index is 5.42. The maximum Gasteiger partial charge on any atom is 0.229 e. The van der Waals surface area contributed by atoms with Crippen molar-refractivity contribution in [1.82, 2.24) is 9.97 Å². The van der Waals surface area contributed by atoms with Crippen LogP contribution in [-0.2, 0) is 0 Å². The lowest BCUT2D eigenvalue weighted by molar-refractivity contribution is 0.324. The van der Waals surface area contributed by atoms with Crippen molar-refractivity contribution in [3.8, 4) is 34.5 Å². The Bertz CT molecular complexity index is 1080. The highest BCUT2D eigenvalue weighted by molar-refractivity contribution is 9.10. The SMILES string of the molecule is COc1cc(Nc2ncc(Br)c(Nc3cc(OC)c(OC)c(OC)c3)n2)cc(OC)c1OC. The van der Waals surface area contributed by atoms with Gasteiger partial charge in [0.25, 0.3) is 0 Å². The summed E-state index contributed by atoms with van der Waals surface area (Å²) in [7, 11) is 9.32. The van der Waals surface area contributed by atoms with Gasteiger partial charge in [0, 0.05) is 41.8 Å². The van der Waals surface area contributed by atoms with Gasteiger partial charge < -0.3 is 39.1 Å². The van der Waals surface area contributed by atoms with Crippen molar-refractivity contribution in [2.24, 2.45) is 0 Å². The number of nitrogens with one attached hydrogen (secondary N) is 2. The molecular formula is C22H25BrN4O6. The Hall–Kier alpha value is -3.60. The van der Waals surface area contributed by atoms with Crippen LogP contribution in [0.3, 0.4) is 0 Å². The van der Waals surface area contributed by atoms with E-state index < -0.39 is 0 Å². The monoisotopic (exact) mass is 520 g/mol. The molecule has 0 radical (unpaired) electrons. The number of methoxy groups -OCH3 is 6.